The van der Waals surface area contributed by atoms with Gasteiger partial charge in [-0.1, -0.05) is 0 Å². The summed E-state index contributed by atoms with van der Waals surface area (Å²) < 4.78 is 41.9. The number of morpholine rings is 2. The van der Waals surface area contributed by atoms with Gasteiger partial charge in [0.05, 0.1) is 31.2 Å². The molecule has 0 N–H and O–H groups in total. The Kier molecular flexibility index (Phi) is 9.97. The van der Waals surface area contributed by atoms with Crippen molar-refractivity contribution in [2.24, 2.45) is 0 Å². The van der Waals surface area contributed by atoms with Crippen molar-refractivity contribution in [3.05, 3.63) is 0 Å². The fourth-order valence-corrected chi connectivity index (χ4v) is 7.45. The zero-order valence-electron chi connectivity index (χ0n) is 19.7. The van der Waals surface area contributed by atoms with Crippen molar-refractivity contribution >= 4 is 41.9 Å². The number of carbonyl (C=O) groups excluding carboxylic acids is 1. The largest absolute Gasteiger partial charge is 0.382 e. The van der Waals surface area contributed by atoms with Gasteiger partial charge in [-0.05, 0) is 7.05 Å². The van der Waals surface area contributed by atoms with Crippen LogP contribution in [-0.2, 0) is 28.1 Å². The van der Waals surface area contributed by atoms with Gasteiger partial charge in [0.25, 0.3) is 0 Å². The molecule has 0 saturated carbocycles. The summed E-state index contributed by atoms with van der Waals surface area (Å²) in [5.41, 5.74) is 0. The summed E-state index contributed by atoms with van der Waals surface area (Å²) >= 11 is 4.10. The van der Waals surface area contributed by atoms with Crippen LogP contribution in [0, 0.1) is 0 Å². The maximum atomic E-state index is 14.5. The Morgan fingerprint density at radius 2 is 1.62 bits per heavy atom. The molecule has 10 nitrogen and oxygen atoms in total. The van der Waals surface area contributed by atoms with Crippen molar-refractivity contribution in [1.29, 1.82) is 0 Å². The van der Waals surface area contributed by atoms with Crippen LogP contribution in [0.15, 0.2) is 0 Å². The molecule has 0 aromatic carbocycles. The number of hydrogen-bond acceptors (Lipinski definition) is 8. The molecule has 14 heteroatoms. The highest BCUT2D eigenvalue weighted by Crippen LogP contribution is 2.55. The van der Waals surface area contributed by atoms with Crippen molar-refractivity contribution in [3.8, 4) is 0 Å². The molecule has 3 rings (SSSR count). The predicted molar refractivity (Wildman–Crippen MR) is 131 cm³/mol. The molecule has 0 aliphatic carbocycles. The van der Waals surface area contributed by atoms with Gasteiger partial charge in [0.1, 0.15) is 15.7 Å². The van der Waals surface area contributed by atoms with Crippen LogP contribution >= 0.6 is 20.3 Å². The van der Waals surface area contributed by atoms with Crippen molar-refractivity contribution in [2.75, 3.05) is 85.5 Å². The third kappa shape index (κ3) is 6.73. The van der Waals surface area contributed by atoms with E-state index in [9.17, 15) is 9.36 Å². The van der Waals surface area contributed by atoms with E-state index in [1.54, 1.807) is 12.0 Å². The van der Waals surface area contributed by atoms with Crippen LogP contribution in [0.4, 0.5) is 0 Å². The Balaban J connectivity index is 1.74. The fourth-order valence-electron chi connectivity index (χ4n) is 4.69. The van der Waals surface area contributed by atoms with Crippen LogP contribution in [0.3, 0.4) is 0 Å². The van der Waals surface area contributed by atoms with Gasteiger partial charge in [-0.3, -0.25) is 9.36 Å². The average Bonchev–Trinajstić information content (AvgIpc) is 2.76. The van der Waals surface area contributed by atoms with Crippen molar-refractivity contribution in [3.63, 3.8) is 0 Å². The van der Waals surface area contributed by atoms with Crippen LogP contribution in [0.1, 0.15) is 0 Å². The Hall–Kier alpha value is -0.100. The third-order valence-electron chi connectivity index (χ3n) is 6.06. The second-order valence-corrected chi connectivity index (χ2v) is 11.7. The monoisotopic (exact) mass is 490 g/mol. The zero-order valence-corrected chi connectivity index (χ0v) is 21.5. The van der Waals surface area contributed by atoms with Gasteiger partial charge < -0.3 is 28.5 Å². The minimum absolute atomic E-state index is 0.00322. The first kappa shape index (κ1) is 26.5. The summed E-state index contributed by atoms with van der Waals surface area (Å²) in [6.07, 6.45) is -0.317. The average molecular weight is 490 g/mol. The molecule has 1 amide bonds. The van der Waals surface area contributed by atoms with Crippen molar-refractivity contribution < 1.29 is 28.1 Å². The third-order valence-corrected chi connectivity index (χ3v) is 8.97. The molecule has 3 heterocycles. The molecule has 3 aliphatic rings. The van der Waals surface area contributed by atoms with Crippen LogP contribution in [-0.4, -0.2) is 150 Å². The van der Waals surface area contributed by atoms with E-state index in [-0.39, 0.29) is 42.5 Å². The molecule has 3 aliphatic heterocycles. The molecule has 32 heavy (non-hydrogen) atoms. The highest BCUT2D eigenvalue weighted by Gasteiger charge is 2.45. The molecular formula is C18H37B2N4O6PS. The number of amides is 1. The molecule has 3 saturated heterocycles. The molecule has 0 radical (unpaired) electrons. The zero-order chi connectivity index (χ0) is 23.3. The number of rotatable bonds is 8. The molecule has 5 atom stereocenters. The maximum absolute atomic E-state index is 14.5. The SMILES string of the molecule is BC1CN(C)CC(COP(=O)(N2CCN(C(=O)CS)CC2)N2CC(B)OC(COC)C2)O1. The van der Waals surface area contributed by atoms with Gasteiger partial charge in [0, 0.05) is 71.5 Å². The lowest BCUT2D eigenvalue weighted by molar-refractivity contribution is -0.129. The number of piperazine rings is 1. The lowest BCUT2D eigenvalue weighted by atomic mass is 9.98. The van der Waals surface area contributed by atoms with E-state index >= 15 is 0 Å². The van der Waals surface area contributed by atoms with Crippen LogP contribution < -0.4 is 0 Å². The van der Waals surface area contributed by atoms with E-state index in [1.807, 2.05) is 25.0 Å². The molecule has 0 bridgehead atoms. The van der Waals surface area contributed by atoms with E-state index in [4.69, 9.17) is 18.7 Å². The Morgan fingerprint density at radius 1 is 1.00 bits per heavy atom. The number of ether oxygens (including phenoxy) is 3. The Labute approximate surface area is 199 Å². The van der Waals surface area contributed by atoms with Crippen molar-refractivity contribution in [1.82, 2.24) is 19.1 Å². The first-order valence-corrected chi connectivity index (χ1v) is 13.5. The first-order valence-electron chi connectivity index (χ1n) is 11.4. The number of hydrogen-bond donors (Lipinski definition) is 1. The lowest BCUT2D eigenvalue weighted by Gasteiger charge is -2.46. The van der Waals surface area contributed by atoms with Gasteiger partial charge in [0.15, 0.2) is 0 Å². The summed E-state index contributed by atoms with van der Waals surface area (Å²) in [6.45, 7) is 5.25. The molecule has 3 fully saturated rings. The highest BCUT2D eigenvalue weighted by molar-refractivity contribution is 7.81. The molecule has 0 aromatic rings. The predicted octanol–water partition coefficient (Wildman–Crippen LogP) is -2.22. The van der Waals surface area contributed by atoms with Crippen LogP contribution in [0.25, 0.3) is 0 Å². The van der Waals surface area contributed by atoms with E-state index < -0.39 is 7.67 Å². The van der Waals surface area contributed by atoms with Gasteiger partial charge in [0.2, 0.25) is 5.91 Å². The normalized spacial score (nSPS) is 33.2. The van der Waals surface area contributed by atoms with Crippen LogP contribution in [0.2, 0.25) is 0 Å². The standard InChI is InChI=1S/C18H37B2N4O6PS/c1-21-7-14(29-16(19)9-21)12-28-31(26,23-5-3-22(4-6-23)18(25)13-32)24-8-15(11-27-2)30-17(20)10-24/h14-17,32H,3-13,19-20H2,1-2H3. The van der Waals surface area contributed by atoms with E-state index in [1.165, 1.54) is 0 Å². The second kappa shape index (κ2) is 12.0. The smallest absolute Gasteiger partial charge is 0.346 e. The molecule has 5 unspecified atom stereocenters. The summed E-state index contributed by atoms with van der Waals surface area (Å²) in [6, 6.07) is 0.0111. The topological polar surface area (TPSA) is 84.0 Å². The summed E-state index contributed by atoms with van der Waals surface area (Å²) in [5.74, 6) is 0.176. The molecule has 0 aromatic heterocycles. The minimum Gasteiger partial charge on any atom is -0.382 e. The molecule has 182 valence electrons. The van der Waals surface area contributed by atoms with E-state index in [2.05, 4.69) is 24.6 Å². The summed E-state index contributed by atoms with van der Waals surface area (Å²) in [7, 11) is 4.35. The fraction of sp³-hybridized carbons (Fsp3) is 0.944. The molecule has 0 spiro atoms. The number of thiol groups is 1. The second-order valence-electron chi connectivity index (χ2n) is 8.96. The molecular weight excluding hydrogens is 453 g/mol. The van der Waals surface area contributed by atoms with E-state index in [0.29, 0.717) is 45.9 Å². The maximum Gasteiger partial charge on any atom is 0.346 e. The van der Waals surface area contributed by atoms with Crippen LogP contribution in [0.5, 0.6) is 0 Å². The number of methoxy groups -OCH3 is 1. The summed E-state index contributed by atoms with van der Waals surface area (Å²) in [4.78, 5) is 16.0. The number of likely N-dealkylation sites (N-methyl/N-ethyl adjacent to an activating group) is 1. The minimum atomic E-state index is -3.36. The Morgan fingerprint density at radius 3 is 2.22 bits per heavy atom. The van der Waals surface area contributed by atoms with Crippen molar-refractivity contribution in [2.45, 2.75) is 24.2 Å². The van der Waals surface area contributed by atoms with Gasteiger partial charge >= 0.3 is 7.67 Å². The Bertz CT molecular complexity index is 667. The highest BCUT2D eigenvalue weighted by atomic mass is 32.1. The van der Waals surface area contributed by atoms with E-state index in [0.717, 1.165) is 13.1 Å². The quantitative estimate of drug-likeness (QED) is 0.231. The summed E-state index contributed by atoms with van der Waals surface area (Å²) in [5, 5.41) is 0. The lowest BCUT2D eigenvalue weighted by Crippen LogP contribution is -2.54. The van der Waals surface area contributed by atoms with Gasteiger partial charge in [-0.25, -0.2) is 9.34 Å². The number of nitrogens with zero attached hydrogens (tertiary/aromatic N) is 4. The van der Waals surface area contributed by atoms with Gasteiger partial charge in [-0.15, -0.1) is 0 Å². The van der Waals surface area contributed by atoms with Gasteiger partial charge in [-0.2, -0.15) is 12.6 Å². The first-order chi connectivity index (χ1) is 15.2. The number of carbonyl (C=O) groups is 1.